The van der Waals surface area contributed by atoms with Crippen molar-refractivity contribution in [2.45, 2.75) is 23.3 Å². The molecule has 0 amide bonds. The van der Waals surface area contributed by atoms with E-state index in [0.717, 1.165) is 35.9 Å². The second-order valence-corrected chi connectivity index (χ2v) is 6.38. The van der Waals surface area contributed by atoms with E-state index in [9.17, 15) is 0 Å². The van der Waals surface area contributed by atoms with E-state index >= 15 is 0 Å². The van der Waals surface area contributed by atoms with Crippen molar-refractivity contribution in [2.24, 2.45) is 5.41 Å². The van der Waals surface area contributed by atoms with Crippen LogP contribution in [-0.2, 0) is 0 Å². The molecule has 6 heteroatoms. The minimum Gasteiger partial charge on any atom is -0.179 e. The average molecular weight is 321 g/mol. The van der Waals surface area contributed by atoms with Crippen LogP contribution in [0.15, 0.2) is 0 Å². The molecule has 0 radical (unpaired) electrons. The quantitative estimate of drug-likeness (QED) is 0.364. The van der Waals surface area contributed by atoms with Crippen LogP contribution in [0.5, 0.6) is 0 Å². The summed E-state index contributed by atoms with van der Waals surface area (Å²) in [6, 6.07) is 0. The first-order chi connectivity index (χ1) is 7.08. The number of hydrogen-bond acceptors (Lipinski definition) is 6. The Kier molecular flexibility index (Phi) is 10.4. The molecule has 0 spiro atoms. The summed E-state index contributed by atoms with van der Waals surface area (Å²) < 4.78 is 0. The highest BCUT2D eigenvalue weighted by molar-refractivity contribution is 7.84. The van der Waals surface area contributed by atoms with Crippen molar-refractivity contribution in [1.82, 2.24) is 0 Å². The summed E-state index contributed by atoms with van der Waals surface area (Å²) in [5.41, 5.74) is -0.0378. The molecule has 2 atom stereocenters. The number of hydrogen-bond donors (Lipinski definition) is 6. The Morgan fingerprint density at radius 2 is 1.07 bits per heavy atom. The molecule has 0 bridgehead atoms. The lowest BCUT2D eigenvalue weighted by atomic mass is 9.81. The fourth-order valence-corrected chi connectivity index (χ4v) is 5.40. The zero-order valence-electron chi connectivity index (χ0n) is 8.58. The Labute approximate surface area is 127 Å². The normalized spacial score (nSPS) is 16.4. The lowest BCUT2D eigenvalue weighted by molar-refractivity contribution is 0.349. The van der Waals surface area contributed by atoms with Gasteiger partial charge in [-0.1, -0.05) is 0 Å². The molecule has 0 saturated carbocycles. The van der Waals surface area contributed by atoms with Crippen LogP contribution in [0.2, 0.25) is 0 Å². The summed E-state index contributed by atoms with van der Waals surface area (Å²) in [7, 11) is 0. The van der Waals surface area contributed by atoms with Crippen LogP contribution in [0.1, 0.15) is 12.8 Å². The van der Waals surface area contributed by atoms with Gasteiger partial charge in [-0.2, -0.15) is 75.8 Å². The molecule has 0 heterocycles. The second kappa shape index (κ2) is 9.09. The van der Waals surface area contributed by atoms with Gasteiger partial charge < -0.3 is 0 Å². The summed E-state index contributed by atoms with van der Waals surface area (Å²) in [6.45, 7) is 0. The minimum absolute atomic E-state index is 0.0378. The average Bonchev–Trinajstić information content (AvgIpc) is 2.21. The Hall–Kier alpha value is 2.10. The molecule has 92 valence electrons. The van der Waals surface area contributed by atoms with Crippen molar-refractivity contribution in [1.29, 1.82) is 0 Å². The van der Waals surface area contributed by atoms with Crippen LogP contribution < -0.4 is 0 Å². The van der Waals surface area contributed by atoms with Gasteiger partial charge >= 0.3 is 0 Å². The molecule has 15 heavy (non-hydrogen) atoms. The molecule has 0 aromatic rings. The molecule has 0 saturated heterocycles. The Balaban J connectivity index is 4.68. The van der Waals surface area contributed by atoms with Gasteiger partial charge in [0.2, 0.25) is 0 Å². The molecule has 0 fully saturated rings. The molecule has 2 unspecified atom stereocenters. The Morgan fingerprint density at radius 1 is 0.733 bits per heavy atom. The van der Waals surface area contributed by atoms with Gasteiger partial charge in [0.05, 0.1) is 0 Å². The smallest absolute Gasteiger partial charge is 0.0112 e. The molecule has 0 aliphatic heterocycles. The molecule has 0 aromatic heterocycles. The maximum Gasteiger partial charge on any atom is 0.0112 e. The highest BCUT2D eigenvalue weighted by Crippen LogP contribution is 2.39. The first kappa shape index (κ1) is 17.1. The Morgan fingerprint density at radius 3 is 1.27 bits per heavy atom. The van der Waals surface area contributed by atoms with Gasteiger partial charge in [-0.05, 0) is 35.9 Å². The summed E-state index contributed by atoms with van der Waals surface area (Å²) in [5.74, 6) is 3.17. The first-order valence-corrected chi connectivity index (χ1v) is 8.44. The van der Waals surface area contributed by atoms with Gasteiger partial charge in [-0.3, -0.25) is 0 Å². The van der Waals surface area contributed by atoms with E-state index in [0.29, 0.717) is 0 Å². The standard InChI is InChI=1S/C9H20S6/c10-3-1-7(14)9(5-12,6-13)8(15)2-4-11/h7-8,10-15H,1-6H2. The van der Waals surface area contributed by atoms with Crippen LogP contribution in [0.4, 0.5) is 0 Å². The van der Waals surface area contributed by atoms with Gasteiger partial charge in [0.1, 0.15) is 0 Å². The van der Waals surface area contributed by atoms with Gasteiger partial charge in [-0.15, -0.1) is 0 Å². The zero-order valence-corrected chi connectivity index (χ0v) is 13.9. The SMILES string of the molecule is SCCC(S)C(CS)(CS)C(S)CCS. The molecule has 0 aliphatic rings. The number of thiol groups is 6. The molecule has 0 rings (SSSR count). The fourth-order valence-electron chi connectivity index (χ4n) is 1.51. The van der Waals surface area contributed by atoms with Gasteiger partial charge in [0.15, 0.2) is 0 Å². The van der Waals surface area contributed by atoms with Crippen molar-refractivity contribution < 1.29 is 0 Å². The summed E-state index contributed by atoms with van der Waals surface area (Å²) in [4.78, 5) is 0. The third kappa shape index (κ3) is 4.70. The van der Waals surface area contributed by atoms with Gasteiger partial charge in [0, 0.05) is 15.9 Å². The lowest BCUT2D eigenvalue weighted by Gasteiger charge is -2.41. The minimum atomic E-state index is -0.0378. The van der Waals surface area contributed by atoms with Crippen LogP contribution >= 0.6 is 75.8 Å². The molecule has 0 nitrogen and oxygen atoms in total. The third-order valence-electron chi connectivity index (χ3n) is 2.72. The van der Waals surface area contributed by atoms with Crippen molar-refractivity contribution >= 4 is 75.8 Å². The van der Waals surface area contributed by atoms with E-state index in [2.05, 4.69) is 75.8 Å². The van der Waals surface area contributed by atoms with Crippen LogP contribution in [0.3, 0.4) is 0 Å². The van der Waals surface area contributed by atoms with E-state index in [-0.39, 0.29) is 15.9 Å². The predicted octanol–water partition coefficient (Wildman–Crippen LogP) is 3.07. The molecular formula is C9H20S6. The van der Waals surface area contributed by atoms with E-state index in [1.54, 1.807) is 0 Å². The fraction of sp³-hybridized carbons (Fsp3) is 1.00. The monoisotopic (exact) mass is 320 g/mol. The van der Waals surface area contributed by atoms with Crippen molar-refractivity contribution in [3.63, 3.8) is 0 Å². The predicted molar refractivity (Wildman–Crippen MR) is 92.6 cm³/mol. The van der Waals surface area contributed by atoms with Gasteiger partial charge in [-0.25, -0.2) is 0 Å². The molecular weight excluding hydrogens is 301 g/mol. The van der Waals surface area contributed by atoms with E-state index in [1.165, 1.54) is 0 Å². The Bertz CT molecular complexity index is 145. The molecule has 0 N–H and O–H groups in total. The maximum atomic E-state index is 4.66. The van der Waals surface area contributed by atoms with Gasteiger partial charge in [0.25, 0.3) is 0 Å². The summed E-state index contributed by atoms with van der Waals surface area (Å²) in [6.07, 6.45) is 1.91. The lowest BCUT2D eigenvalue weighted by Crippen LogP contribution is -2.44. The molecule has 0 aliphatic carbocycles. The largest absolute Gasteiger partial charge is 0.179 e. The molecule has 0 aromatic carbocycles. The van der Waals surface area contributed by atoms with Crippen molar-refractivity contribution in [3.05, 3.63) is 0 Å². The highest BCUT2D eigenvalue weighted by Gasteiger charge is 2.39. The van der Waals surface area contributed by atoms with E-state index < -0.39 is 0 Å². The summed E-state index contributed by atoms with van der Waals surface area (Å²) >= 11 is 26.7. The second-order valence-electron chi connectivity index (χ2n) is 3.61. The van der Waals surface area contributed by atoms with E-state index in [4.69, 9.17) is 0 Å². The first-order valence-electron chi connectivity index (χ1n) is 4.88. The summed E-state index contributed by atoms with van der Waals surface area (Å²) in [5, 5.41) is 0.486. The van der Waals surface area contributed by atoms with Crippen molar-refractivity contribution in [3.8, 4) is 0 Å². The highest BCUT2D eigenvalue weighted by atomic mass is 32.1. The van der Waals surface area contributed by atoms with Crippen molar-refractivity contribution in [2.75, 3.05) is 23.0 Å². The number of rotatable bonds is 8. The van der Waals surface area contributed by atoms with Crippen LogP contribution in [-0.4, -0.2) is 33.5 Å². The van der Waals surface area contributed by atoms with E-state index in [1.807, 2.05) is 0 Å². The van der Waals surface area contributed by atoms with Crippen LogP contribution in [0, 0.1) is 5.41 Å². The van der Waals surface area contributed by atoms with Crippen LogP contribution in [0.25, 0.3) is 0 Å². The third-order valence-corrected chi connectivity index (χ3v) is 5.96. The zero-order chi connectivity index (χ0) is 11.9. The maximum absolute atomic E-state index is 4.66. The topological polar surface area (TPSA) is 0 Å².